The summed E-state index contributed by atoms with van der Waals surface area (Å²) in [5, 5.41) is 9.48. The lowest BCUT2D eigenvalue weighted by Gasteiger charge is -1.95. The molecule has 2 heterocycles. The van der Waals surface area contributed by atoms with Crippen LogP contribution in [-0.4, -0.2) is 26.7 Å². The topological polar surface area (TPSA) is 87.8 Å². The Kier molecular flexibility index (Phi) is 2.64. The monoisotopic (exact) mass is 204 g/mol. The summed E-state index contributed by atoms with van der Waals surface area (Å²) in [5.41, 5.74) is 7.42. The van der Waals surface area contributed by atoms with Gasteiger partial charge in [-0.15, -0.1) is 0 Å². The van der Waals surface area contributed by atoms with Crippen LogP contribution >= 0.6 is 0 Å². The van der Waals surface area contributed by atoms with Crippen LogP contribution in [0, 0.1) is 0 Å². The third-order valence-corrected chi connectivity index (χ3v) is 2.12. The molecule has 0 spiro atoms. The molecule has 0 aliphatic rings. The molecule has 2 rings (SSSR count). The molecule has 0 aliphatic heterocycles. The van der Waals surface area contributed by atoms with E-state index in [0.29, 0.717) is 12.2 Å². The first-order valence-electron chi connectivity index (χ1n) is 4.68. The molecular weight excluding hydrogens is 192 g/mol. The smallest absolute Gasteiger partial charge is 0.143 e. The number of nitrogens with one attached hydrogen (secondary N) is 1. The van der Waals surface area contributed by atoms with Crippen LogP contribution in [0.4, 0.5) is 5.82 Å². The predicted molar refractivity (Wildman–Crippen MR) is 59.0 cm³/mol. The lowest BCUT2D eigenvalue weighted by atomic mass is 10.2. The lowest BCUT2D eigenvalue weighted by Crippen LogP contribution is -1.92. The summed E-state index contributed by atoms with van der Waals surface area (Å²) in [6.07, 6.45) is 7.66. The molecule has 0 aromatic carbocycles. The van der Waals surface area contributed by atoms with E-state index in [1.165, 1.54) is 6.33 Å². The first kappa shape index (κ1) is 9.67. The standard InChI is InChI=1S/C10H12N4O/c11-9-8-7(3-1-2-4-15)5-12-10(8)14-6-13-9/h1,3,5-6,15H,2,4H2,(H3,11,12,13,14). The van der Waals surface area contributed by atoms with Crippen molar-refractivity contribution in [2.45, 2.75) is 6.42 Å². The van der Waals surface area contributed by atoms with Crippen molar-refractivity contribution in [3.63, 3.8) is 0 Å². The molecule has 0 atom stereocenters. The first-order valence-corrected chi connectivity index (χ1v) is 4.68. The molecule has 0 unspecified atom stereocenters. The molecule has 0 saturated heterocycles. The van der Waals surface area contributed by atoms with Gasteiger partial charge >= 0.3 is 0 Å². The Morgan fingerprint density at radius 3 is 3.13 bits per heavy atom. The molecule has 0 aliphatic carbocycles. The second-order valence-electron chi connectivity index (χ2n) is 3.14. The van der Waals surface area contributed by atoms with Crippen LogP contribution in [0.1, 0.15) is 12.0 Å². The van der Waals surface area contributed by atoms with Crippen molar-refractivity contribution in [1.29, 1.82) is 0 Å². The van der Waals surface area contributed by atoms with E-state index in [0.717, 1.165) is 16.6 Å². The fourth-order valence-electron chi connectivity index (χ4n) is 1.43. The van der Waals surface area contributed by atoms with Crippen molar-refractivity contribution >= 4 is 22.9 Å². The van der Waals surface area contributed by atoms with Crippen LogP contribution in [0.25, 0.3) is 17.1 Å². The SMILES string of the molecule is Nc1ncnc2[nH]cc(C=CCCO)c12. The summed E-state index contributed by atoms with van der Waals surface area (Å²) in [7, 11) is 0. The van der Waals surface area contributed by atoms with Crippen LogP contribution in [0.3, 0.4) is 0 Å². The van der Waals surface area contributed by atoms with Gasteiger partial charge in [-0.2, -0.15) is 0 Å². The molecule has 0 saturated carbocycles. The van der Waals surface area contributed by atoms with Crippen LogP contribution in [-0.2, 0) is 0 Å². The number of nitrogens with zero attached hydrogens (tertiary/aromatic N) is 2. The predicted octanol–water partition coefficient (Wildman–Crippen LogP) is 0.936. The quantitative estimate of drug-likeness (QED) is 0.694. The molecule has 15 heavy (non-hydrogen) atoms. The van der Waals surface area contributed by atoms with E-state index in [-0.39, 0.29) is 6.61 Å². The van der Waals surface area contributed by atoms with E-state index in [1.54, 1.807) is 0 Å². The van der Waals surface area contributed by atoms with Crippen LogP contribution in [0.2, 0.25) is 0 Å². The minimum atomic E-state index is 0.144. The average molecular weight is 204 g/mol. The van der Waals surface area contributed by atoms with Crippen molar-refractivity contribution in [3.8, 4) is 0 Å². The summed E-state index contributed by atoms with van der Waals surface area (Å²) in [4.78, 5) is 11.0. The third kappa shape index (κ3) is 1.82. The van der Waals surface area contributed by atoms with Gasteiger partial charge in [0, 0.05) is 18.4 Å². The van der Waals surface area contributed by atoms with E-state index in [4.69, 9.17) is 10.8 Å². The molecule has 0 fully saturated rings. The molecule has 4 N–H and O–H groups in total. The number of anilines is 1. The zero-order valence-electron chi connectivity index (χ0n) is 8.14. The number of nitrogens with two attached hydrogens (primary N) is 1. The van der Waals surface area contributed by atoms with Gasteiger partial charge in [0.15, 0.2) is 0 Å². The molecular formula is C10H12N4O. The Balaban J connectivity index is 2.44. The van der Waals surface area contributed by atoms with Crippen molar-refractivity contribution in [2.75, 3.05) is 12.3 Å². The number of rotatable bonds is 3. The maximum Gasteiger partial charge on any atom is 0.143 e. The number of aromatic nitrogens is 3. The van der Waals surface area contributed by atoms with E-state index >= 15 is 0 Å². The van der Waals surface area contributed by atoms with Crippen molar-refractivity contribution in [3.05, 3.63) is 24.2 Å². The lowest BCUT2D eigenvalue weighted by molar-refractivity contribution is 0.303. The fourth-order valence-corrected chi connectivity index (χ4v) is 1.43. The average Bonchev–Trinajstić information content (AvgIpc) is 2.63. The molecule has 2 aromatic heterocycles. The van der Waals surface area contributed by atoms with Gasteiger partial charge in [-0.05, 0) is 6.42 Å². The summed E-state index contributed by atoms with van der Waals surface area (Å²) >= 11 is 0. The third-order valence-electron chi connectivity index (χ3n) is 2.12. The molecule has 5 heteroatoms. The Labute approximate surface area is 86.7 Å². The second-order valence-corrected chi connectivity index (χ2v) is 3.14. The molecule has 0 radical (unpaired) electrons. The van der Waals surface area contributed by atoms with Gasteiger partial charge in [-0.25, -0.2) is 9.97 Å². The summed E-state index contributed by atoms with van der Waals surface area (Å²) < 4.78 is 0. The van der Waals surface area contributed by atoms with Crippen LogP contribution in [0.5, 0.6) is 0 Å². The normalized spacial score (nSPS) is 11.5. The van der Waals surface area contributed by atoms with Gasteiger partial charge in [-0.3, -0.25) is 0 Å². The Bertz CT molecular complexity index is 489. The van der Waals surface area contributed by atoms with Gasteiger partial charge in [0.2, 0.25) is 0 Å². The molecule has 2 aromatic rings. The van der Waals surface area contributed by atoms with Gasteiger partial charge < -0.3 is 15.8 Å². The van der Waals surface area contributed by atoms with E-state index in [1.807, 2.05) is 18.3 Å². The fraction of sp³-hybridized carbons (Fsp3) is 0.200. The zero-order valence-corrected chi connectivity index (χ0v) is 8.14. The summed E-state index contributed by atoms with van der Waals surface area (Å²) in [6, 6.07) is 0. The number of fused-ring (bicyclic) bond motifs is 1. The van der Waals surface area contributed by atoms with Crippen LogP contribution in [0.15, 0.2) is 18.6 Å². The molecule has 78 valence electrons. The van der Waals surface area contributed by atoms with Crippen molar-refractivity contribution < 1.29 is 5.11 Å². The number of aliphatic hydroxyl groups is 1. The van der Waals surface area contributed by atoms with E-state index < -0.39 is 0 Å². The zero-order chi connectivity index (χ0) is 10.7. The summed E-state index contributed by atoms with van der Waals surface area (Å²) in [6.45, 7) is 0.144. The highest BCUT2D eigenvalue weighted by atomic mass is 16.2. The van der Waals surface area contributed by atoms with Crippen molar-refractivity contribution in [1.82, 2.24) is 15.0 Å². The molecule has 5 nitrogen and oxygen atoms in total. The molecule has 0 bridgehead atoms. The number of aromatic amines is 1. The minimum absolute atomic E-state index is 0.144. The maximum absolute atomic E-state index is 8.65. The Hall–Kier alpha value is -1.88. The Morgan fingerprint density at radius 1 is 1.47 bits per heavy atom. The highest BCUT2D eigenvalue weighted by Gasteiger charge is 2.05. The number of nitrogen functional groups attached to an aromatic ring is 1. The van der Waals surface area contributed by atoms with Gasteiger partial charge in [0.25, 0.3) is 0 Å². The van der Waals surface area contributed by atoms with Crippen molar-refractivity contribution in [2.24, 2.45) is 0 Å². The summed E-state index contributed by atoms with van der Waals surface area (Å²) in [5.74, 6) is 0.463. The van der Waals surface area contributed by atoms with E-state index in [9.17, 15) is 0 Å². The van der Waals surface area contributed by atoms with Gasteiger partial charge in [-0.1, -0.05) is 12.2 Å². The Morgan fingerprint density at radius 2 is 2.33 bits per heavy atom. The highest BCUT2D eigenvalue weighted by molar-refractivity contribution is 5.93. The highest BCUT2D eigenvalue weighted by Crippen LogP contribution is 2.21. The van der Waals surface area contributed by atoms with Gasteiger partial charge in [0.1, 0.15) is 17.8 Å². The maximum atomic E-state index is 8.65. The number of hydrogen-bond donors (Lipinski definition) is 3. The number of H-pyrrole nitrogens is 1. The first-order chi connectivity index (χ1) is 7.33. The largest absolute Gasteiger partial charge is 0.396 e. The number of hydrogen-bond acceptors (Lipinski definition) is 4. The molecule has 0 amide bonds. The minimum Gasteiger partial charge on any atom is -0.396 e. The van der Waals surface area contributed by atoms with E-state index in [2.05, 4.69) is 15.0 Å². The number of aliphatic hydroxyl groups excluding tert-OH is 1. The second kappa shape index (κ2) is 4.10. The van der Waals surface area contributed by atoms with Gasteiger partial charge in [0.05, 0.1) is 5.39 Å². The van der Waals surface area contributed by atoms with Crippen LogP contribution < -0.4 is 5.73 Å².